The molecule has 134 valence electrons. The molecule has 1 N–H and O–H groups in total. The molecule has 0 aromatic heterocycles. The summed E-state index contributed by atoms with van der Waals surface area (Å²) in [5, 5.41) is 2.78. The minimum Gasteiger partial charge on any atom is -0.376 e. The van der Waals surface area contributed by atoms with E-state index in [0.717, 1.165) is 31.4 Å². The molecule has 0 spiro atoms. The van der Waals surface area contributed by atoms with Crippen LogP contribution in [0.4, 0.5) is 18.9 Å². The number of hydrogen-bond acceptors (Lipinski definition) is 3. The third-order valence-corrected chi connectivity index (χ3v) is 3.92. The van der Waals surface area contributed by atoms with Gasteiger partial charge in [0.2, 0.25) is 5.91 Å². The Bertz CT molecular complexity index is 549. The van der Waals surface area contributed by atoms with Crippen molar-refractivity contribution in [1.82, 2.24) is 4.90 Å². The van der Waals surface area contributed by atoms with E-state index in [1.165, 1.54) is 12.1 Å². The summed E-state index contributed by atoms with van der Waals surface area (Å²) in [4.78, 5) is 14.0. The molecule has 4 nitrogen and oxygen atoms in total. The predicted molar refractivity (Wildman–Crippen MR) is 85.8 cm³/mol. The molecule has 1 fully saturated rings. The van der Waals surface area contributed by atoms with Crippen LogP contribution in [0.3, 0.4) is 0 Å². The zero-order valence-corrected chi connectivity index (χ0v) is 13.7. The van der Waals surface area contributed by atoms with Crippen LogP contribution in [0, 0.1) is 0 Å². The van der Waals surface area contributed by atoms with Gasteiger partial charge in [-0.3, -0.25) is 4.79 Å². The minimum atomic E-state index is -4.39. The maximum atomic E-state index is 12.7. The standard InChI is InChI=1S/C17H23F3N2O2/c1-2-9-24-15-7-4-8-22(12-15)16(23)11-21-14-6-3-5-13(10-14)17(18,19)20/h3,5-6,10,15,21H,2,4,7-9,11-12H2,1H3. The van der Waals surface area contributed by atoms with E-state index in [0.29, 0.717) is 19.7 Å². The van der Waals surface area contributed by atoms with Gasteiger partial charge in [0.05, 0.1) is 18.2 Å². The van der Waals surface area contributed by atoms with Crippen molar-refractivity contribution in [2.24, 2.45) is 0 Å². The van der Waals surface area contributed by atoms with Crippen LogP contribution < -0.4 is 5.32 Å². The molecule has 1 heterocycles. The number of piperidine rings is 1. The quantitative estimate of drug-likeness (QED) is 0.858. The van der Waals surface area contributed by atoms with Crippen molar-refractivity contribution < 1.29 is 22.7 Å². The maximum absolute atomic E-state index is 12.7. The number of rotatable bonds is 6. The summed E-state index contributed by atoms with van der Waals surface area (Å²) in [6.45, 7) is 3.89. The van der Waals surface area contributed by atoms with E-state index >= 15 is 0 Å². The van der Waals surface area contributed by atoms with Gasteiger partial charge in [0.25, 0.3) is 0 Å². The predicted octanol–water partition coefficient (Wildman–Crippen LogP) is 3.53. The summed E-state index contributed by atoms with van der Waals surface area (Å²) in [5.74, 6) is -0.128. The number of hydrogen-bond donors (Lipinski definition) is 1. The van der Waals surface area contributed by atoms with Gasteiger partial charge in [-0.1, -0.05) is 13.0 Å². The SMILES string of the molecule is CCCOC1CCCN(C(=O)CNc2cccc(C(F)(F)F)c2)C1. The van der Waals surface area contributed by atoms with Crippen molar-refractivity contribution in [2.45, 2.75) is 38.5 Å². The third-order valence-electron chi connectivity index (χ3n) is 3.92. The van der Waals surface area contributed by atoms with Gasteiger partial charge in [-0.2, -0.15) is 13.2 Å². The zero-order valence-electron chi connectivity index (χ0n) is 13.7. The van der Waals surface area contributed by atoms with E-state index in [9.17, 15) is 18.0 Å². The second kappa shape index (κ2) is 8.37. The lowest BCUT2D eigenvalue weighted by atomic mass is 10.1. The molecule has 24 heavy (non-hydrogen) atoms. The first-order chi connectivity index (χ1) is 11.4. The molecule has 1 unspecified atom stereocenters. The molecule has 1 aromatic rings. The van der Waals surface area contributed by atoms with Crippen LogP contribution in [-0.4, -0.2) is 43.2 Å². The highest BCUT2D eigenvalue weighted by Crippen LogP contribution is 2.30. The van der Waals surface area contributed by atoms with Crippen LogP contribution in [0.15, 0.2) is 24.3 Å². The molecule has 1 saturated heterocycles. The van der Waals surface area contributed by atoms with Crippen molar-refractivity contribution in [1.29, 1.82) is 0 Å². The average Bonchev–Trinajstić information content (AvgIpc) is 2.57. The number of carbonyl (C=O) groups is 1. The Balaban J connectivity index is 1.86. The molecule has 1 aromatic carbocycles. The van der Waals surface area contributed by atoms with Crippen molar-refractivity contribution in [2.75, 3.05) is 31.6 Å². The first-order valence-corrected chi connectivity index (χ1v) is 8.20. The summed E-state index contributed by atoms with van der Waals surface area (Å²) in [6.07, 6.45) is -1.59. The number of benzene rings is 1. The first-order valence-electron chi connectivity index (χ1n) is 8.20. The number of ether oxygens (including phenoxy) is 1. The number of carbonyl (C=O) groups excluding carboxylic acids is 1. The monoisotopic (exact) mass is 344 g/mol. The van der Waals surface area contributed by atoms with Gasteiger partial charge in [0.15, 0.2) is 0 Å². The van der Waals surface area contributed by atoms with Crippen LogP contribution in [0.1, 0.15) is 31.7 Å². The van der Waals surface area contributed by atoms with E-state index in [1.54, 1.807) is 4.90 Å². The first kappa shape index (κ1) is 18.6. The molecule has 7 heteroatoms. The summed E-state index contributed by atoms with van der Waals surface area (Å²) < 4.78 is 43.7. The number of nitrogens with zero attached hydrogens (tertiary/aromatic N) is 1. The van der Waals surface area contributed by atoms with Crippen LogP contribution >= 0.6 is 0 Å². The molecule has 0 aliphatic carbocycles. The van der Waals surface area contributed by atoms with Gasteiger partial charge < -0.3 is 15.0 Å². The maximum Gasteiger partial charge on any atom is 0.416 e. The van der Waals surface area contributed by atoms with Crippen molar-refractivity contribution in [3.8, 4) is 0 Å². The lowest BCUT2D eigenvalue weighted by Gasteiger charge is -2.32. The Labute approximate surface area is 140 Å². The average molecular weight is 344 g/mol. The Kier molecular flexibility index (Phi) is 6.48. The lowest BCUT2D eigenvalue weighted by molar-refractivity contribution is -0.137. The largest absolute Gasteiger partial charge is 0.416 e. The van der Waals surface area contributed by atoms with Gasteiger partial charge in [-0.25, -0.2) is 0 Å². The molecule has 1 amide bonds. The van der Waals surface area contributed by atoms with Gasteiger partial charge >= 0.3 is 6.18 Å². The second-order valence-corrected chi connectivity index (χ2v) is 5.91. The number of amides is 1. The van der Waals surface area contributed by atoms with E-state index in [-0.39, 0.29) is 24.2 Å². The Morgan fingerprint density at radius 3 is 2.92 bits per heavy atom. The molecular weight excluding hydrogens is 321 g/mol. The lowest BCUT2D eigenvalue weighted by Crippen LogP contribution is -2.45. The molecule has 1 aliphatic heterocycles. The molecule has 0 radical (unpaired) electrons. The van der Waals surface area contributed by atoms with E-state index in [2.05, 4.69) is 5.32 Å². The summed E-state index contributed by atoms with van der Waals surface area (Å²) >= 11 is 0. The van der Waals surface area contributed by atoms with E-state index in [1.807, 2.05) is 6.92 Å². The van der Waals surface area contributed by atoms with Crippen LogP contribution in [0.25, 0.3) is 0 Å². The molecular formula is C17H23F3N2O2. The Hall–Kier alpha value is -1.76. The highest BCUT2D eigenvalue weighted by atomic mass is 19.4. The molecule has 0 bridgehead atoms. The molecule has 2 rings (SSSR count). The minimum absolute atomic E-state index is 0.0260. The third kappa shape index (κ3) is 5.40. The summed E-state index contributed by atoms with van der Waals surface area (Å²) in [6, 6.07) is 4.86. The molecule has 1 atom stereocenters. The Morgan fingerprint density at radius 1 is 1.42 bits per heavy atom. The number of halogens is 3. The van der Waals surface area contributed by atoms with Crippen molar-refractivity contribution >= 4 is 11.6 Å². The summed E-state index contributed by atoms with van der Waals surface area (Å²) in [7, 11) is 0. The van der Waals surface area contributed by atoms with Gasteiger partial charge in [0.1, 0.15) is 0 Å². The second-order valence-electron chi connectivity index (χ2n) is 5.91. The normalized spacial score (nSPS) is 18.5. The van der Waals surface area contributed by atoms with E-state index in [4.69, 9.17) is 4.74 Å². The molecule has 0 saturated carbocycles. The van der Waals surface area contributed by atoms with Gasteiger partial charge in [-0.15, -0.1) is 0 Å². The van der Waals surface area contributed by atoms with Crippen LogP contribution in [0.2, 0.25) is 0 Å². The zero-order chi connectivity index (χ0) is 17.6. The topological polar surface area (TPSA) is 41.6 Å². The summed E-state index contributed by atoms with van der Waals surface area (Å²) in [5.41, 5.74) is -0.445. The van der Waals surface area contributed by atoms with Gasteiger partial charge in [-0.05, 0) is 37.5 Å². The fourth-order valence-electron chi connectivity index (χ4n) is 2.68. The number of alkyl halides is 3. The number of anilines is 1. The van der Waals surface area contributed by atoms with Crippen molar-refractivity contribution in [3.05, 3.63) is 29.8 Å². The van der Waals surface area contributed by atoms with Crippen molar-refractivity contribution in [3.63, 3.8) is 0 Å². The highest BCUT2D eigenvalue weighted by molar-refractivity contribution is 5.81. The highest BCUT2D eigenvalue weighted by Gasteiger charge is 2.30. The molecule has 1 aliphatic rings. The van der Waals surface area contributed by atoms with Crippen LogP contribution in [-0.2, 0) is 15.7 Å². The van der Waals surface area contributed by atoms with E-state index < -0.39 is 11.7 Å². The Morgan fingerprint density at radius 2 is 2.21 bits per heavy atom. The van der Waals surface area contributed by atoms with Gasteiger partial charge in [0, 0.05) is 25.4 Å². The van der Waals surface area contributed by atoms with Crippen LogP contribution in [0.5, 0.6) is 0 Å². The smallest absolute Gasteiger partial charge is 0.376 e. The number of likely N-dealkylation sites (tertiary alicyclic amines) is 1. The fourth-order valence-corrected chi connectivity index (χ4v) is 2.68. The fraction of sp³-hybridized carbons (Fsp3) is 0.588. The number of nitrogens with one attached hydrogen (secondary N) is 1.